The number of aromatic nitrogens is 2. The number of halogens is 2. The second kappa shape index (κ2) is 11.6. The fourth-order valence-corrected chi connectivity index (χ4v) is 4.12. The van der Waals surface area contributed by atoms with Gasteiger partial charge in [0, 0.05) is 10.9 Å². The minimum atomic E-state index is -1.09. The van der Waals surface area contributed by atoms with Crippen LogP contribution in [0.4, 0.5) is 0 Å². The van der Waals surface area contributed by atoms with Crippen molar-refractivity contribution in [3.8, 4) is 11.5 Å². The summed E-state index contributed by atoms with van der Waals surface area (Å²) in [5.41, 5.74) is 1.00. The van der Waals surface area contributed by atoms with Gasteiger partial charge in [-0.2, -0.15) is 9.78 Å². The molecule has 0 bridgehead atoms. The van der Waals surface area contributed by atoms with Gasteiger partial charge in [-0.05, 0) is 72.1 Å². The third-order valence-electron chi connectivity index (χ3n) is 4.93. The van der Waals surface area contributed by atoms with E-state index in [9.17, 15) is 14.7 Å². The van der Waals surface area contributed by atoms with Crippen LogP contribution >= 0.6 is 31.9 Å². The zero-order valence-corrected chi connectivity index (χ0v) is 22.2. The molecule has 1 atom stereocenters. The Morgan fingerprint density at radius 2 is 2.03 bits per heavy atom. The van der Waals surface area contributed by atoms with Crippen LogP contribution in [0.2, 0.25) is 0 Å². The fraction of sp³-hybridized carbons (Fsp3) is 0.333. The zero-order chi connectivity index (χ0) is 24.8. The van der Waals surface area contributed by atoms with Gasteiger partial charge in [-0.1, -0.05) is 29.3 Å². The summed E-state index contributed by atoms with van der Waals surface area (Å²) in [6, 6.07) is 8.81. The van der Waals surface area contributed by atoms with Crippen molar-refractivity contribution in [2.24, 2.45) is 5.10 Å². The maximum Gasteiger partial charge on any atom is 0.344 e. The first kappa shape index (κ1) is 25.9. The molecule has 0 aliphatic rings. The van der Waals surface area contributed by atoms with Crippen LogP contribution in [0.3, 0.4) is 0 Å². The molecular weight excluding hydrogens is 570 g/mol. The fourth-order valence-electron chi connectivity index (χ4n) is 3.20. The molecule has 1 aromatic heterocycles. The van der Waals surface area contributed by atoms with E-state index >= 15 is 0 Å². The third-order valence-corrected chi connectivity index (χ3v) is 6.01. The number of unbranched alkanes of at least 4 members (excludes halogenated alkanes) is 1. The van der Waals surface area contributed by atoms with Crippen molar-refractivity contribution in [3.05, 3.63) is 61.0 Å². The van der Waals surface area contributed by atoms with Crippen molar-refractivity contribution in [2.45, 2.75) is 46.1 Å². The first-order chi connectivity index (χ1) is 16.2. The van der Waals surface area contributed by atoms with Crippen molar-refractivity contribution >= 4 is 54.9 Å². The Labute approximate surface area is 213 Å². The average molecular weight is 595 g/mol. The Kier molecular flexibility index (Phi) is 8.84. The second-order valence-corrected chi connectivity index (χ2v) is 9.29. The first-order valence-corrected chi connectivity index (χ1v) is 12.4. The van der Waals surface area contributed by atoms with Gasteiger partial charge in [0.05, 0.1) is 28.2 Å². The third kappa shape index (κ3) is 6.04. The van der Waals surface area contributed by atoms with E-state index < -0.39 is 12.1 Å². The van der Waals surface area contributed by atoms with Crippen LogP contribution in [-0.4, -0.2) is 39.7 Å². The Hall–Kier alpha value is -2.72. The van der Waals surface area contributed by atoms with Crippen molar-refractivity contribution in [1.82, 2.24) is 9.66 Å². The standard InChI is InChI=1S/C24H25Br2N3O5/c1-4-6-7-21-28-19-9-8-16(25)12-17(19)23(30)29(21)27-13-15-10-18(26)22(20(11-15)33-5-2)34-14(3)24(31)32/h8-14H,4-7H2,1-3H3,(H,31,32)/t14-/m0/s1. The molecule has 180 valence electrons. The maximum absolute atomic E-state index is 13.2. The molecular formula is C24H25Br2N3O5. The smallest absolute Gasteiger partial charge is 0.344 e. The van der Waals surface area contributed by atoms with Crippen molar-refractivity contribution in [3.63, 3.8) is 0 Å². The van der Waals surface area contributed by atoms with Crippen LogP contribution < -0.4 is 15.0 Å². The molecule has 0 aliphatic heterocycles. The van der Waals surface area contributed by atoms with Gasteiger partial charge in [-0.25, -0.2) is 9.78 Å². The lowest BCUT2D eigenvalue weighted by Crippen LogP contribution is -2.23. The minimum absolute atomic E-state index is 0.256. The predicted molar refractivity (Wildman–Crippen MR) is 138 cm³/mol. The Bertz CT molecular complexity index is 1290. The molecule has 0 amide bonds. The van der Waals surface area contributed by atoms with Crippen LogP contribution in [0, 0.1) is 0 Å². The summed E-state index contributed by atoms with van der Waals surface area (Å²) in [5, 5.41) is 14.1. The Morgan fingerprint density at radius 1 is 1.26 bits per heavy atom. The molecule has 3 rings (SSSR count). The number of fused-ring (bicyclic) bond motifs is 1. The van der Waals surface area contributed by atoms with Crippen molar-refractivity contribution in [1.29, 1.82) is 0 Å². The molecule has 8 nitrogen and oxygen atoms in total. The summed E-state index contributed by atoms with van der Waals surface area (Å²) in [5.74, 6) is 0.143. The number of hydrogen-bond donors (Lipinski definition) is 1. The molecule has 10 heteroatoms. The van der Waals surface area contributed by atoms with E-state index in [1.807, 2.05) is 19.1 Å². The number of carboxylic acids is 1. The normalized spacial score (nSPS) is 12.3. The van der Waals surface area contributed by atoms with Gasteiger partial charge in [-0.15, -0.1) is 0 Å². The average Bonchev–Trinajstić information content (AvgIpc) is 2.79. The molecule has 0 aliphatic carbocycles. The van der Waals surface area contributed by atoms with Crippen molar-refractivity contribution in [2.75, 3.05) is 6.61 Å². The summed E-state index contributed by atoms with van der Waals surface area (Å²) in [4.78, 5) is 29.1. The number of carbonyl (C=O) groups is 1. The van der Waals surface area contributed by atoms with Crippen LogP contribution in [0.15, 0.2) is 49.2 Å². The van der Waals surface area contributed by atoms with E-state index in [2.05, 4.69) is 48.9 Å². The highest BCUT2D eigenvalue weighted by molar-refractivity contribution is 9.10. The van der Waals surface area contributed by atoms with Crippen LogP contribution in [-0.2, 0) is 11.2 Å². The number of hydrogen-bond acceptors (Lipinski definition) is 6. The van der Waals surface area contributed by atoms with Crippen molar-refractivity contribution < 1.29 is 19.4 Å². The van der Waals surface area contributed by atoms with Gasteiger partial charge in [0.2, 0.25) is 0 Å². The first-order valence-electron chi connectivity index (χ1n) is 10.9. The minimum Gasteiger partial charge on any atom is -0.490 e. The Morgan fingerprint density at radius 3 is 2.71 bits per heavy atom. The van der Waals surface area contributed by atoms with Gasteiger partial charge in [0.15, 0.2) is 17.6 Å². The summed E-state index contributed by atoms with van der Waals surface area (Å²) in [6.07, 6.45) is 2.93. The molecule has 0 radical (unpaired) electrons. The lowest BCUT2D eigenvalue weighted by Gasteiger charge is -2.17. The second-order valence-electron chi connectivity index (χ2n) is 7.52. The highest BCUT2D eigenvalue weighted by atomic mass is 79.9. The number of benzene rings is 2. The van der Waals surface area contributed by atoms with Crippen LogP contribution in [0.25, 0.3) is 10.9 Å². The molecule has 1 N–H and O–H groups in total. The van der Waals surface area contributed by atoms with E-state index in [1.54, 1.807) is 24.4 Å². The van der Waals surface area contributed by atoms with E-state index in [-0.39, 0.29) is 11.3 Å². The summed E-state index contributed by atoms with van der Waals surface area (Å²) in [6.45, 7) is 5.69. The van der Waals surface area contributed by atoms with Gasteiger partial charge in [-0.3, -0.25) is 4.79 Å². The van der Waals surface area contributed by atoms with Crippen LogP contribution in [0.5, 0.6) is 11.5 Å². The number of aryl methyl sites for hydroxylation is 1. The van der Waals surface area contributed by atoms with E-state index in [1.165, 1.54) is 11.6 Å². The molecule has 0 saturated heterocycles. The topological polar surface area (TPSA) is 103 Å². The number of carboxylic acid groups (broad SMARTS) is 1. The highest BCUT2D eigenvalue weighted by Gasteiger charge is 2.19. The van der Waals surface area contributed by atoms with Gasteiger partial charge in [0.25, 0.3) is 5.56 Å². The molecule has 2 aromatic carbocycles. The highest BCUT2D eigenvalue weighted by Crippen LogP contribution is 2.37. The number of aliphatic carboxylic acids is 1. The van der Waals surface area contributed by atoms with Gasteiger partial charge in [0.1, 0.15) is 5.82 Å². The molecule has 1 heterocycles. The maximum atomic E-state index is 13.2. The van der Waals surface area contributed by atoms with Crippen LogP contribution in [0.1, 0.15) is 45.0 Å². The van der Waals surface area contributed by atoms with Gasteiger partial charge >= 0.3 is 5.97 Å². The number of ether oxygens (including phenoxy) is 2. The quantitative estimate of drug-likeness (QED) is 0.315. The van der Waals surface area contributed by atoms with E-state index in [0.29, 0.717) is 45.5 Å². The molecule has 0 unspecified atom stereocenters. The summed E-state index contributed by atoms with van der Waals surface area (Å²) in [7, 11) is 0. The molecule has 0 spiro atoms. The Balaban J connectivity index is 2.07. The summed E-state index contributed by atoms with van der Waals surface area (Å²) < 4.78 is 13.9. The largest absolute Gasteiger partial charge is 0.490 e. The van der Waals surface area contributed by atoms with E-state index in [4.69, 9.17) is 9.47 Å². The molecule has 3 aromatic rings. The van der Waals surface area contributed by atoms with Gasteiger partial charge < -0.3 is 14.6 Å². The predicted octanol–water partition coefficient (Wildman–Crippen LogP) is 5.40. The lowest BCUT2D eigenvalue weighted by atomic mass is 10.2. The molecule has 34 heavy (non-hydrogen) atoms. The monoisotopic (exact) mass is 593 g/mol. The summed E-state index contributed by atoms with van der Waals surface area (Å²) >= 11 is 6.84. The van der Waals surface area contributed by atoms with E-state index in [0.717, 1.165) is 17.3 Å². The molecule has 0 saturated carbocycles. The zero-order valence-electron chi connectivity index (χ0n) is 19.0. The number of nitrogens with zero attached hydrogens (tertiary/aromatic N) is 3. The molecule has 0 fully saturated rings. The lowest BCUT2D eigenvalue weighted by molar-refractivity contribution is -0.144. The SMILES string of the molecule is CCCCc1nc2ccc(Br)cc2c(=O)n1N=Cc1cc(Br)c(O[C@@H](C)C(=O)O)c(OCC)c1. The number of rotatable bonds is 10.